The Kier molecular flexibility index (Phi) is 48.8. The molecule has 0 aliphatic heterocycles. The minimum absolute atomic E-state index is 0.0790. The summed E-state index contributed by atoms with van der Waals surface area (Å²) in [4.78, 5) is 38.0. The van der Waals surface area contributed by atoms with Gasteiger partial charge in [-0.15, -0.1) is 0 Å². The smallest absolute Gasteiger partial charge is 0.306 e. The van der Waals surface area contributed by atoms with E-state index in [9.17, 15) is 14.4 Å². The van der Waals surface area contributed by atoms with E-state index in [1.54, 1.807) is 0 Å². The molecule has 0 aromatic heterocycles. The second-order valence-corrected chi connectivity index (χ2v) is 17.9. The van der Waals surface area contributed by atoms with Gasteiger partial charge in [-0.1, -0.05) is 262 Å². The quantitative estimate of drug-likeness (QED) is 0.0262. The molecule has 0 aromatic rings. The SMILES string of the molecule is CC\C=C/C=C\C=C/C=C\CCCCCCCC(=O)OC(COC(=O)CCCCCCCCCCCCCCC)COC(=O)CCCCCCCCCCCCCCCCCC. The van der Waals surface area contributed by atoms with Gasteiger partial charge >= 0.3 is 17.9 Å². The number of ether oxygens (including phenoxy) is 3. The van der Waals surface area contributed by atoms with Gasteiger partial charge in [0.15, 0.2) is 6.10 Å². The van der Waals surface area contributed by atoms with Crippen LogP contribution in [-0.2, 0) is 28.6 Å². The molecule has 1 unspecified atom stereocenters. The molecule has 0 saturated heterocycles. The van der Waals surface area contributed by atoms with E-state index in [4.69, 9.17) is 14.2 Å². The molecular formula is C56H100O6. The molecule has 6 nitrogen and oxygen atoms in total. The Bertz CT molecular complexity index is 1090. The summed E-state index contributed by atoms with van der Waals surface area (Å²) in [6.45, 7) is 6.51. The maximum absolute atomic E-state index is 12.8. The summed E-state index contributed by atoms with van der Waals surface area (Å²) in [6.07, 6.45) is 60.9. The number of esters is 3. The molecule has 0 saturated carbocycles. The summed E-state index contributed by atoms with van der Waals surface area (Å²) in [5, 5.41) is 0. The van der Waals surface area contributed by atoms with E-state index in [-0.39, 0.29) is 31.1 Å². The maximum Gasteiger partial charge on any atom is 0.306 e. The van der Waals surface area contributed by atoms with Crippen molar-refractivity contribution in [2.75, 3.05) is 13.2 Å². The Balaban J connectivity index is 4.38. The summed E-state index contributed by atoms with van der Waals surface area (Å²) in [5.74, 6) is -0.890. The van der Waals surface area contributed by atoms with Crippen LogP contribution in [0.2, 0.25) is 0 Å². The number of rotatable bonds is 48. The third kappa shape index (κ3) is 48.4. The molecule has 0 amide bonds. The summed E-state index contributed by atoms with van der Waals surface area (Å²) >= 11 is 0. The Morgan fingerprint density at radius 1 is 0.339 bits per heavy atom. The van der Waals surface area contributed by atoms with Gasteiger partial charge in [0, 0.05) is 19.3 Å². The van der Waals surface area contributed by atoms with Crippen molar-refractivity contribution in [3.05, 3.63) is 48.6 Å². The number of allylic oxidation sites excluding steroid dienone is 8. The molecule has 0 bridgehead atoms. The fourth-order valence-corrected chi connectivity index (χ4v) is 7.69. The van der Waals surface area contributed by atoms with Gasteiger partial charge in [0.1, 0.15) is 13.2 Å². The standard InChI is InChI=1S/C56H100O6/c1-4-7-10-13-16-19-22-25-27-29-31-34-37-40-43-46-49-55(58)61-52-53(51-60-54(57)48-45-42-39-36-33-30-24-21-18-15-12-9-6-3)62-56(59)50-47-44-41-38-35-32-28-26-23-20-17-14-11-8-5-2/h8,11,14,17,20,23,26,28,53H,4-7,9-10,12-13,15-16,18-19,21-22,24-25,27,29-52H2,1-3H3/b11-8-,17-14-,23-20-,28-26-. The molecule has 6 heteroatoms. The molecule has 1 atom stereocenters. The first-order chi connectivity index (χ1) is 30.5. The van der Waals surface area contributed by atoms with Crippen LogP contribution < -0.4 is 0 Å². The van der Waals surface area contributed by atoms with Crippen LogP contribution in [0.5, 0.6) is 0 Å². The van der Waals surface area contributed by atoms with Crippen LogP contribution in [-0.4, -0.2) is 37.2 Å². The summed E-state index contributed by atoms with van der Waals surface area (Å²) in [7, 11) is 0. The number of carbonyl (C=O) groups is 3. The third-order valence-corrected chi connectivity index (χ3v) is 11.7. The number of hydrogen-bond donors (Lipinski definition) is 0. The molecule has 0 spiro atoms. The largest absolute Gasteiger partial charge is 0.462 e. The van der Waals surface area contributed by atoms with Crippen LogP contribution in [0.3, 0.4) is 0 Å². The minimum Gasteiger partial charge on any atom is -0.462 e. The van der Waals surface area contributed by atoms with Gasteiger partial charge in [-0.05, 0) is 38.5 Å². The summed E-state index contributed by atoms with van der Waals surface area (Å²) in [5.41, 5.74) is 0. The van der Waals surface area contributed by atoms with E-state index in [0.717, 1.165) is 83.5 Å². The zero-order valence-electron chi connectivity index (χ0n) is 41.1. The lowest BCUT2D eigenvalue weighted by molar-refractivity contribution is -0.167. The predicted octanol–water partition coefficient (Wildman–Crippen LogP) is 17.5. The highest BCUT2D eigenvalue weighted by molar-refractivity contribution is 5.71. The average Bonchev–Trinajstić information content (AvgIpc) is 3.27. The van der Waals surface area contributed by atoms with Gasteiger partial charge in [-0.25, -0.2) is 0 Å². The lowest BCUT2D eigenvalue weighted by Crippen LogP contribution is -2.30. The second kappa shape index (κ2) is 51.0. The summed E-state index contributed by atoms with van der Waals surface area (Å²) in [6, 6.07) is 0. The van der Waals surface area contributed by atoms with E-state index < -0.39 is 6.10 Å². The molecule has 0 heterocycles. The highest BCUT2D eigenvalue weighted by Gasteiger charge is 2.19. The maximum atomic E-state index is 12.8. The number of carbonyl (C=O) groups excluding carboxylic acids is 3. The first kappa shape index (κ1) is 59.4. The summed E-state index contributed by atoms with van der Waals surface area (Å²) < 4.78 is 16.8. The van der Waals surface area contributed by atoms with E-state index in [1.807, 2.05) is 18.2 Å². The molecule has 0 fully saturated rings. The Hall–Kier alpha value is -2.63. The lowest BCUT2D eigenvalue weighted by atomic mass is 10.0. The molecule has 0 aliphatic rings. The van der Waals surface area contributed by atoms with Gasteiger partial charge < -0.3 is 14.2 Å². The van der Waals surface area contributed by atoms with Crippen molar-refractivity contribution in [3.8, 4) is 0 Å². The van der Waals surface area contributed by atoms with Gasteiger partial charge in [0.2, 0.25) is 0 Å². The fourth-order valence-electron chi connectivity index (χ4n) is 7.69. The zero-order valence-corrected chi connectivity index (χ0v) is 41.1. The molecule has 0 radical (unpaired) electrons. The molecule has 62 heavy (non-hydrogen) atoms. The zero-order chi connectivity index (χ0) is 45.1. The van der Waals surface area contributed by atoms with Crippen molar-refractivity contribution in [2.24, 2.45) is 0 Å². The van der Waals surface area contributed by atoms with Gasteiger partial charge in [-0.3, -0.25) is 14.4 Å². The van der Waals surface area contributed by atoms with Crippen molar-refractivity contribution in [3.63, 3.8) is 0 Å². The van der Waals surface area contributed by atoms with Crippen molar-refractivity contribution in [2.45, 2.75) is 277 Å². The monoisotopic (exact) mass is 869 g/mol. The van der Waals surface area contributed by atoms with Gasteiger partial charge in [0.25, 0.3) is 0 Å². The third-order valence-electron chi connectivity index (χ3n) is 11.7. The predicted molar refractivity (Wildman–Crippen MR) is 265 cm³/mol. The van der Waals surface area contributed by atoms with Crippen LogP contribution in [0, 0.1) is 0 Å². The van der Waals surface area contributed by atoms with Crippen LogP contribution in [0.25, 0.3) is 0 Å². The lowest BCUT2D eigenvalue weighted by Gasteiger charge is -2.18. The molecule has 0 N–H and O–H groups in total. The van der Waals surface area contributed by atoms with Crippen molar-refractivity contribution >= 4 is 17.9 Å². The Labute approximate surface area is 384 Å². The molecule has 0 rings (SSSR count). The Morgan fingerprint density at radius 2 is 0.629 bits per heavy atom. The number of hydrogen-bond acceptors (Lipinski definition) is 6. The van der Waals surface area contributed by atoms with Crippen molar-refractivity contribution < 1.29 is 28.6 Å². The van der Waals surface area contributed by atoms with Crippen molar-refractivity contribution in [1.29, 1.82) is 0 Å². The van der Waals surface area contributed by atoms with Crippen LogP contribution in [0.1, 0.15) is 271 Å². The molecule has 0 aliphatic carbocycles. The van der Waals surface area contributed by atoms with Crippen LogP contribution in [0.4, 0.5) is 0 Å². The van der Waals surface area contributed by atoms with Gasteiger partial charge in [-0.2, -0.15) is 0 Å². The number of unbranched alkanes of at least 4 members (excludes halogenated alkanes) is 32. The van der Waals surface area contributed by atoms with Crippen LogP contribution in [0.15, 0.2) is 48.6 Å². The highest BCUT2D eigenvalue weighted by Crippen LogP contribution is 2.16. The average molecular weight is 869 g/mol. The fraction of sp³-hybridized carbons (Fsp3) is 0.804. The van der Waals surface area contributed by atoms with E-state index in [0.29, 0.717) is 19.3 Å². The Morgan fingerprint density at radius 3 is 0.984 bits per heavy atom. The topological polar surface area (TPSA) is 78.9 Å². The van der Waals surface area contributed by atoms with E-state index in [1.165, 1.54) is 148 Å². The molecule has 0 aromatic carbocycles. The first-order valence-corrected chi connectivity index (χ1v) is 26.7. The van der Waals surface area contributed by atoms with Crippen LogP contribution >= 0.6 is 0 Å². The highest BCUT2D eigenvalue weighted by atomic mass is 16.6. The second-order valence-electron chi connectivity index (χ2n) is 17.9. The molecule has 360 valence electrons. The first-order valence-electron chi connectivity index (χ1n) is 26.7. The van der Waals surface area contributed by atoms with Gasteiger partial charge in [0.05, 0.1) is 0 Å². The van der Waals surface area contributed by atoms with Crippen molar-refractivity contribution in [1.82, 2.24) is 0 Å². The molecular weight excluding hydrogens is 769 g/mol. The minimum atomic E-state index is -0.781. The van der Waals surface area contributed by atoms with E-state index in [2.05, 4.69) is 51.2 Å². The van der Waals surface area contributed by atoms with E-state index >= 15 is 0 Å². The normalized spacial score (nSPS) is 12.4.